The van der Waals surface area contributed by atoms with Crippen LogP contribution < -0.4 is 0 Å². The molecule has 2 rings (SSSR count). The fraction of sp³-hybridized carbons (Fsp3) is 0.286. The van der Waals surface area contributed by atoms with Crippen molar-refractivity contribution in [2.24, 2.45) is 0 Å². The summed E-state index contributed by atoms with van der Waals surface area (Å²) in [5.41, 5.74) is 1.15. The van der Waals surface area contributed by atoms with Gasteiger partial charge in [0.05, 0.1) is 6.26 Å². The van der Waals surface area contributed by atoms with E-state index in [4.69, 9.17) is 4.42 Å². The Morgan fingerprint density at radius 1 is 1.18 bits per heavy atom. The summed E-state index contributed by atoms with van der Waals surface area (Å²) in [5.74, 6) is 0.823. The van der Waals surface area contributed by atoms with Crippen LogP contribution in [0.3, 0.4) is 0 Å². The van der Waals surface area contributed by atoms with Crippen molar-refractivity contribution in [1.29, 1.82) is 0 Å². The van der Waals surface area contributed by atoms with Crippen molar-refractivity contribution >= 4 is 15.9 Å². The highest BCUT2D eigenvalue weighted by atomic mass is 79.9. The third-order valence-corrected chi connectivity index (χ3v) is 3.44. The molecule has 1 unspecified atom stereocenters. The highest BCUT2D eigenvalue weighted by Crippen LogP contribution is 2.16. The van der Waals surface area contributed by atoms with E-state index in [1.54, 1.807) is 6.26 Å². The first-order valence-corrected chi connectivity index (χ1v) is 6.56. The van der Waals surface area contributed by atoms with Crippen LogP contribution in [0, 0.1) is 5.82 Å². The van der Waals surface area contributed by atoms with E-state index in [-0.39, 0.29) is 5.82 Å². The van der Waals surface area contributed by atoms with Crippen molar-refractivity contribution < 1.29 is 8.81 Å². The zero-order chi connectivity index (χ0) is 12.1. The molecule has 0 radical (unpaired) electrons. The molecule has 0 saturated heterocycles. The summed E-state index contributed by atoms with van der Waals surface area (Å²) in [4.78, 5) is 0.387. The van der Waals surface area contributed by atoms with Crippen LogP contribution in [0.4, 0.5) is 4.39 Å². The first-order valence-electron chi connectivity index (χ1n) is 5.65. The number of rotatable bonds is 5. The van der Waals surface area contributed by atoms with E-state index in [9.17, 15) is 4.39 Å². The molecule has 1 heterocycles. The smallest absolute Gasteiger partial charge is 0.123 e. The SMILES string of the molecule is Fc1ccc(CC(Br)CCc2ccco2)cc1. The van der Waals surface area contributed by atoms with E-state index in [1.165, 1.54) is 12.1 Å². The van der Waals surface area contributed by atoms with Crippen molar-refractivity contribution in [3.8, 4) is 0 Å². The molecule has 0 bridgehead atoms. The number of aryl methyl sites for hydroxylation is 1. The van der Waals surface area contributed by atoms with E-state index >= 15 is 0 Å². The predicted octanol–water partition coefficient (Wildman–Crippen LogP) is 4.36. The van der Waals surface area contributed by atoms with Crippen molar-refractivity contribution in [3.63, 3.8) is 0 Å². The number of hydrogen-bond donors (Lipinski definition) is 0. The number of halogens is 2. The monoisotopic (exact) mass is 296 g/mol. The highest BCUT2D eigenvalue weighted by Gasteiger charge is 2.07. The summed E-state index contributed by atoms with van der Waals surface area (Å²) in [5, 5.41) is 0. The first-order chi connectivity index (χ1) is 8.24. The highest BCUT2D eigenvalue weighted by molar-refractivity contribution is 9.09. The van der Waals surface area contributed by atoms with Crippen LogP contribution in [0.25, 0.3) is 0 Å². The van der Waals surface area contributed by atoms with Crippen LogP contribution >= 0.6 is 15.9 Å². The van der Waals surface area contributed by atoms with Crippen molar-refractivity contribution in [3.05, 3.63) is 59.8 Å². The van der Waals surface area contributed by atoms with Gasteiger partial charge in [0.2, 0.25) is 0 Å². The van der Waals surface area contributed by atoms with E-state index in [0.29, 0.717) is 4.83 Å². The van der Waals surface area contributed by atoms with E-state index in [0.717, 1.165) is 30.6 Å². The predicted molar refractivity (Wildman–Crippen MR) is 69.8 cm³/mol. The lowest BCUT2D eigenvalue weighted by Gasteiger charge is -2.08. The molecular formula is C14H14BrFO. The number of furan rings is 1. The third kappa shape index (κ3) is 4.00. The lowest BCUT2D eigenvalue weighted by Crippen LogP contribution is -2.04. The Morgan fingerprint density at radius 2 is 1.94 bits per heavy atom. The van der Waals surface area contributed by atoms with E-state index in [1.807, 2.05) is 24.3 Å². The Kier molecular flexibility index (Phi) is 4.37. The molecule has 0 amide bonds. The molecule has 0 spiro atoms. The van der Waals surface area contributed by atoms with Gasteiger partial charge in [-0.15, -0.1) is 0 Å². The van der Waals surface area contributed by atoms with Crippen LogP contribution in [-0.4, -0.2) is 4.83 Å². The Bertz CT molecular complexity index is 436. The summed E-state index contributed by atoms with van der Waals surface area (Å²) in [6, 6.07) is 10.5. The zero-order valence-electron chi connectivity index (χ0n) is 9.40. The van der Waals surface area contributed by atoms with Gasteiger partial charge in [0.25, 0.3) is 0 Å². The minimum atomic E-state index is -0.185. The van der Waals surface area contributed by atoms with Gasteiger partial charge >= 0.3 is 0 Å². The third-order valence-electron chi connectivity index (χ3n) is 2.65. The van der Waals surface area contributed by atoms with Gasteiger partial charge in [0, 0.05) is 11.2 Å². The number of benzene rings is 1. The van der Waals surface area contributed by atoms with Crippen molar-refractivity contribution in [2.75, 3.05) is 0 Å². The molecule has 3 heteroatoms. The van der Waals surface area contributed by atoms with Gasteiger partial charge in [0.1, 0.15) is 11.6 Å². The molecule has 1 nitrogen and oxygen atoms in total. The molecule has 0 aliphatic carbocycles. The average molecular weight is 297 g/mol. The zero-order valence-corrected chi connectivity index (χ0v) is 11.0. The second-order valence-corrected chi connectivity index (χ2v) is 5.34. The van der Waals surface area contributed by atoms with Gasteiger partial charge in [-0.1, -0.05) is 28.1 Å². The molecule has 1 atom stereocenters. The number of alkyl halides is 1. The van der Waals surface area contributed by atoms with Gasteiger partial charge in [-0.3, -0.25) is 0 Å². The van der Waals surface area contributed by atoms with Crippen molar-refractivity contribution in [2.45, 2.75) is 24.1 Å². The number of hydrogen-bond acceptors (Lipinski definition) is 1. The summed E-state index contributed by atoms with van der Waals surface area (Å²) >= 11 is 3.64. The Hall–Kier alpha value is -1.09. The summed E-state index contributed by atoms with van der Waals surface area (Å²) in [6.07, 6.45) is 4.52. The second kappa shape index (κ2) is 6.01. The lowest BCUT2D eigenvalue weighted by molar-refractivity contribution is 0.500. The van der Waals surface area contributed by atoms with E-state index < -0.39 is 0 Å². The maximum Gasteiger partial charge on any atom is 0.123 e. The summed E-state index contributed by atoms with van der Waals surface area (Å²) < 4.78 is 18.0. The maximum absolute atomic E-state index is 12.7. The topological polar surface area (TPSA) is 13.1 Å². The standard InChI is InChI=1S/C14H14BrFO/c15-12(5-8-14-2-1-9-17-14)10-11-3-6-13(16)7-4-11/h1-4,6-7,9,12H,5,8,10H2. The molecule has 0 aliphatic rings. The first kappa shape index (κ1) is 12.4. The van der Waals surface area contributed by atoms with Gasteiger partial charge in [0.15, 0.2) is 0 Å². The summed E-state index contributed by atoms with van der Waals surface area (Å²) in [7, 11) is 0. The molecule has 0 saturated carbocycles. The minimum Gasteiger partial charge on any atom is -0.469 e. The molecule has 1 aromatic heterocycles. The van der Waals surface area contributed by atoms with Crippen LogP contribution in [0.1, 0.15) is 17.7 Å². The van der Waals surface area contributed by atoms with Crippen LogP contribution in [0.2, 0.25) is 0 Å². The van der Waals surface area contributed by atoms with Gasteiger partial charge < -0.3 is 4.42 Å². The van der Waals surface area contributed by atoms with Gasteiger partial charge in [-0.05, 0) is 42.7 Å². The second-order valence-electron chi connectivity index (χ2n) is 4.05. The molecule has 0 aliphatic heterocycles. The van der Waals surface area contributed by atoms with Gasteiger partial charge in [-0.25, -0.2) is 4.39 Å². The molecule has 17 heavy (non-hydrogen) atoms. The molecule has 2 aromatic rings. The molecule has 0 N–H and O–H groups in total. The van der Waals surface area contributed by atoms with Gasteiger partial charge in [-0.2, -0.15) is 0 Å². The Labute approximate surface area is 109 Å². The Morgan fingerprint density at radius 3 is 2.59 bits per heavy atom. The fourth-order valence-corrected chi connectivity index (χ4v) is 2.33. The van der Waals surface area contributed by atoms with Crippen molar-refractivity contribution in [1.82, 2.24) is 0 Å². The van der Waals surface area contributed by atoms with Crippen LogP contribution in [-0.2, 0) is 12.8 Å². The van der Waals surface area contributed by atoms with E-state index in [2.05, 4.69) is 15.9 Å². The molecule has 0 fully saturated rings. The normalized spacial score (nSPS) is 12.6. The lowest BCUT2D eigenvalue weighted by atomic mass is 10.1. The average Bonchev–Trinajstić information content (AvgIpc) is 2.83. The van der Waals surface area contributed by atoms with Crippen LogP contribution in [0.5, 0.6) is 0 Å². The fourth-order valence-electron chi connectivity index (χ4n) is 1.73. The molecule has 90 valence electrons. The quantitative estimate of drug-likeness (QED) is 0.747. The summed E-state index contributed by atoms with van der Waals surface area (Å²) in [6.45, 7) is 0. The largest absolute Gasteiger partial charge is 0.469 e. The maximum atomic E-state index is 12.7. The minimum absolute atomic E-state index is 0.185. The molecule has 1 aromatic carbocycles. The Balaban J connectivity index is 1.80. The molecular weight excluding hydrogens is 283 g/mol. The van der Waals surface area contributed by atoms with Crippen LogP contribution in [0.15, 0.2) is 47.1 Å².